The topological polar surface area (TPSA) is 73.3 Å². The van der Waals surface area contributed by atoms with Crippen LogP contribution < -0.4 is 0 Å². The molecule has 0 saturated carbocycles. The lowest BCUT2D eigenvalue weighted by molar-refractivity contribution is -0.222. The third-order valence-electron chi connectivity index (χ3n) is 0.868. The van der Waals surface area contributed by atoms with Crippen LogP contribution in [0.15, 0.2) is 0 Å². The molecule has 10 heavy (non-hydrogen) atoms. The maximum absolute atomic E-state index is 10.5. The average Bonchev–Trinajstić information content (AvgIpc) is 1.88. The summed E-state index contributed by atoms with van der Waals surface area (Å²) >= 11 is 0. The van der Waals surface area contributed by atoms with Gasteiger partial charge in [-0.25, -0.2) is 5.11 Å². The molecule has 0 aromatic carbocycles. The summed E-state index contributed by atoms with van der Waals surface area (Å²) in [4.78, 5) is 14.9. The van der Waals surface area contributed by atoms with Gasteiger partial charge in [-0.3, -0.25) is 9.63 Å². The summed E-state index contributed by atoms with van der Waals surface area (Å²) in [5.41, 5.74) is 0. The van der Waals surface area contributed by atoms with Gasteiger partial charge in [0.05, 0.1) is 13.3 Å². The van der Waals surface area contributed by atoms with Crippen LogP contribution in [0, 0.1) is 5.41 Å². The van der Waals surface area contributed by atoms with Gasteiger partial charge in [0.15, 0.2) is 6.23 Å². The van der Waals surface area contributed by atoms with Crippen molar-refractivity contribution >= 4 is 12.1 Å². The molecule has 1 radical (unpaired) electrons. The highest BCUT2D eigenvalue weighted by atomic mass is 16.7. The molecule has 0 fully saturated rings. The first-order chi connectivity index (χ1) is 4.63. The first-order valence-electron chi connectivity index (χ1n) is 2.67. The van der Waals surface area contributed by atoms with Crippen molar-refractivity contribution in [1.82, 2.24) is 5.06 Å². The van der Waals surface area contributed by atoms with Gasteiger partial charge in [0.1, 0.15) is 0 Å². The normalized spacial score (nSPS) is 12.3. The van der Waals surface area contributed by atoms with Gasteiger partial charge in [0.25, 0.3) is 5.91 Å². The van der Waals surface area contributed by atoms with Crippen molar-refractivity contribution in [3.63, 3.8) is 0 Å². The van der Waals surface area contributed by atoms with Crippen LogP contribution in [-0.2, 0) is 14.7 Å². The van der Waals surface area contributed by atoms with E-state index in [1.807, 2.05) is 0 Å². The van der Waals surface area contributed by atoms with Gasteiger partial charge in [-0.05, 0) is 6.92 Å². The predicted molar refractivity (Wildman–Crippen MR) is 32.8 cm³/mol. The summed E-state index contributed by atoms with van der Waals surface area (Å²) in [7, 11) is 1.20. The molecule has 0 rings (SSSR count). The summed E-state index contributed by atoms with van der Waals surface area (Å²) in [5, 5.41) is 17.6. The van der Waals surface area contributed by atoms with E-state index in [1.165, 1.54) is 14.0 Å². The molecule has 1 atom stereocenters. The number of carbonyl (C=O) groups is 1. The van der Waals surface area contributed by atoms with Crippen LogP contribution in [0.4, 0.5) is 0 Å². The fourth-order valence-electron chi connectivity index (χ4n) is 0.481. The van der Waals surface area contributed by atoms with Crippen molar-refractivity contribution in [3.8, 4) is 0 Å². The van der Waals surface area contributed by atoms with E-state index in [0.717, 1.165) is 0 Å². The fourth-order valence-corrected chi connectivity index (χ4v) is 0.481. The van der Waals surface area contributed by atoms with E-state index in [1.54, 1.807) is 0 Å². The highest BCUT2D eigenvalue weighted by Crippen LogP contribution is 1.94. The van der Waals surface area contributed by atoms with E-state index in [9.17, 15) is 9.90 Å². The van der Waals surface area contributed by atoms with Crippen LogP contribution in [0.5, 0.6) is 0 Å². The van der Waals surface area contributed by atoms with Crippen LogP contribution in [0.25, 0.3) is 0 Å². The van der Waals surface area contributed by atoms with E-state index in [2.05, 4.69) is 4.84 Å². The Morgan fingerprint density at radius 2 is 2.30 bits per heavy atom. The first-order valence-corrected chi connectivity index (χ1v) is 2.67. The summed E-state index contributed by atoms with van der Waals surface area (Å²) < 4.78 is 0. The highest BCUT2D eigenvalue weighted by molar-refractivity contribution is 6.24. The zero-order valence-electron chi connectivity index (χ0n) is 5.83. The van der Waals surface area contributed by atoms with Gasteiger partial charge in [0, 0.05) is 0 Å². The molecule has 0 bridgehead atoms. The van der Waals surface area contributed by atoms with Crippen LogP contribution in [-0.4, -0.2) is 30.5 Å². The maximum atomic E-state index is 10.5. The molecular weight excluding hydrogens is 136 g/mol. The molecule has 0 aromatic rings. The predicted octanol–water partition coefficient (Wildman–Crippen LogP) is -0.198. The van der Waals surface area contributed by atoms with Gasteiger partial charge < -0.3 is 5.41 Å². The molecule has 1 amide bonds. The number of hydrogen-bond acceptors (Lipinski definition) is 3. The minimum Gasteiger partial charge on any atom is -0.303 e. The Bertz CT molecular complexity index is 135. The van der Waals surface area contributed by atoms with E-state index in [4.69, 9.17) is 5.41 Å². The van der Waals surface area contributed by atoms with Gasteiger partial charge in [-0.1, -0.05) is 0 Å². The Hall–Kier alpha value is -0.940. The zero-order valence-corrected chi connectivity index (χ0v) is 5.83. The molecule has 0 aliphatic rings. The standard InChI is InChI=1S/C5H9N2O3/c1-4(8)7(10-2)5(9)3-6/h3-4,6H,1-2H3. The maximum Gasteiger partial charge on any atom is 0.290 e. The Labute approximate surface area is 58.7 Å². The molecule has 57 valence electrons. The summed E-state index contributed by atoms with van der Waals surface area (Å²) in [5.74, 6) is -0.745. The number of hydroxylamine groups is 2. The van der Waals surface area contributed by atoms with Crippen LogP contribution in [0.3, 0.4) is 0 Å². The number of nitrogens with zero attached hydrogens (tertiary/aromatic N) is 1. The second kappa shape index (κ2) is 3.97. The van der Waals surface area contributed by atoms with E-state index < -0.39 is 12.1 Å². The smallest absolute Gasteiger partial charge is 0.290 e. The second-order valence-electron chi connectivity index (χ2n) is 1.59. The molecular formula is C5H9N2O3. The molecule has 0 saturated heterocycles. The minimum atomic E-state index is -1.28. The zero-order chi connectivity index (χ0) is 8.15. The second-order valence-corrected chi connectivity index (χ2v) is 1.59. The lowest BCUT2D eigenvalue weighted by Gasteiger charge is -2.17. The summed E-state index contributed by atoms with van der Waals surface area (Å²) in [6.07, 6.45) is -0.753. The summed E-state index contributed by atoms with van der Waals surface area (Å²) in [6, 6.07) is 0. The van der Waals surface area contributed by atoms with E-state index >= 15 is 0 Å². The number of carbonyl (C=O) groups excluding carboxylic acids is 1. The fraction of sp³-hybridized carbons (Fsp3) is 0.600. The quantitative estimate of drug-likeness (QED) is 0.339. The molecule has 1 N–H and O–H groups in total. The lowest BCUT2D eigenvalue weighted by Crippen LogP contribution is -2.37. The number of hydrogen-bond donors (Lipinski definition) is 1. The van der Waals surface area contributed by atoms with Crippen molar-refractivity contribution in [2.24, 2.45) is 0 Å². The SMILES string of the molecule is CON(C(=O)C=N)C(C)[O]. The van der Waals surface area contributed by atoms with Crippen molar-refractivity contribution in [1.29, 1.82) is 5.41 Å². The average molecular weight is 145 g/mol. The Kier molecular flexibility index (Phi) is 3.60. The van der Waals surface area contributed by atoms with Gasteiger partial charge in [-0.15, -0.1) is 0 Å². The Balaban J connectivity index is 4.06. The van der Waals surface area contributed by atoms with E-state index in [-0.39, 0.29) is 0 Å². The third-order valence-corrected chi connectivity index (χ3v) is 0.868. The Morgan fingerprint density at radius 1 is 1.80 bits per heavy atom. The third kappa shape index (κ3) is 2.12. The lowest BCUT2D eigenvalue weighted by atomic mass is 10.5. The van der Waals surface area contributed by atoms with Crippen molar-refractivity contribution in [2.75, 3.05) is 7.11 Å². The van der Waals surface area contributed by atoms with Crippen LogP contribution in [0.2, 0.25) is 0 Å². The molecule has 0 aliphatic heterocycles. The molecule has 5 heteroatoms. The number of amides is 1. The highest BCUT2D eigenvalue weighted by Gasteiger charge is 2.16. The Morgan fingerprint density at radius 3 is 2.40 bits per heavy atom. The van der Waals surface area contributed by atoms with Gasteiger partial charge in [0.2, 0.25) is 0 Å². The monoisotopic (exact) mass is 145 g/mol. The molecule has 0 heterocycles. The molecule has 1 unspecified atom stereocenters. The largest absolute Gasteiger partial charge is 0.303 e. The number of nitrogens with one attached hydrogen (secondary N) is 1. The minimum absolute atomic E-state index is 0.526. The molecule has 0 aromatic heterocycles. The van der Waals surface area contributed by atoms with Crippen LogP contribution in [0.1, 0.15) is 6.92 Å². The van der Waals surface area contributed by atoms with Crippen molar-refractivity contribution in [3.05, 3.63) is 0 Å². The summed E-state index contributed by atoms with van der Waals surface area (Å²) in [6.45, 7) is 1.25. The molecule has 0 spiro atoms. The van der Waals surface area contributed by atoms with Crippen molar-refractivity contribution in [2.45, 2.75) is 13.2 Å². The van der Waals surface area contributed by atoms with Crippen molar-refractivity contribution < 1.29 is 14.7 Å². The van der Waals surface area contributed by atoms with Gasteiger partial charge in [-0.2, -0.15) is 5.06 Å². The van der Waals surface area contributed by atoms with E-state index in [0.29, 0.717) is 11.3 Å². The molecule has 5 nitrogen and oxygen atoms in total. The van der Waals surface area contributed by atoms with Gasteiger partial charge >= 0.3 is 0 Å². The number of rotatable bonds is 3. The molecule has 0 aliphatic carbocycles. The van der Waals surface area contributed by atoms with Crippen LogP contribution >= 0.6 is 0 Å². The first kappa shape index (κ1) is 9.06.